The molecule has 6 heavy (non-hydrogen) atoms. The molecule has 0 spiro atoms. The van der Waals surface area contributed by atoms with E-state index in [0.29, 0.717) is 0 Å². The molecule has 2 heteroatoms. The highest BCUT2D eigenvalue weighted by Gasteiger charge is 2.06. The third-order valence-corrected chi connectivity index (χ3v) is 2.29. The van der Waals surface area contributed by atoms with Gasteiger partial charge in [-0.3, -0.25) is 0 Å². The fourth-order valence-corrected chi connectivity index (χ4v) is 1.38. The summed E-state index contributed by atoms with van der Waals surface area (Å²) in [5.41, 5.74) is 1.07. The van der Waals surface area contributed by atoms with E-state index in [1.54, 1.807) is 0 Å². The van der Waals surface area contributed by atoms with Crippen molar-refractivity contribution in [2.45, 2.75) is 12.0 Å². The number of hydrogen-bond acceptors (Lipinski definition) is 1. The van der Waals surface area contributed by atoms with E-state index < -0.39 is 0 Å². The molecule has 1 N–H and O–H groups in total. The predicted octanol–water partition coefficient (Wildman–Crippen LogP) is -0.866. The van der Waals surface area contributed by atoms with Gasteiger partial charge in [0.05, 0.1) is 0 Å². The minimum absolute atomic E-state index is 1.07. The molecular formula is C4H11NSi. The first kappa shape index (κ1) is 4.34. The molecule has 1 saturated heterocycles. The second-order valence-corrected chi connectivity index (χ2v) is 3.73. The lowest BCUT2D eigenvalue weighted by Gasteiger charge is -1.90. The molecule has 1 heterocycles. The molecule has 1 nitrogen and oxygen atoms in total. The molecule has 1 fully saturated rings. The summed E-state index contributed by atoms with van der Waals surface area (Å²) in [7, 11) is 1.39. The van der Waals surface area contributed by atoms with E-state index in [-0.39, 0.29) is 0 Å². The van der Waals surface area contributed by atoms with Gasteiger partial charge in [0.2, 0.25) is 0 Å². The Morgan fingerprint density at radius 1 is 1.67 bits per heavy atom. The Balaban J connectivity index is 2.18. The van der Waals surface area contributed by atoms with Crippen LogP contribution in [-0.2, 0) is 0 Å². The van der Waals surface area contributed by atoms with Gasteiger partial charge in [0.15, 0.2) is 0 Å². The number of hydrogen-bond donors (Lipinski definition) is 1. The monoisotopic (exact) mass is 101 g/mol. The zero-order valence-corrected chi connectivity index (χ0v) is 6.20. The zero-order valence-electron chi connectivity index (χ0n) is 4.20. The van der Waals surface area contributed by atoms with E-state index >= 15 is 0 Å². The minimum atomic E-state index is 1.07. The second-order valence-electron chi connectivity index (χ2n) is 2.10. The standard InChI is InChI=1S/C4H11NSi/c6-4-1-2-5-3-4/h4-5H,1-3H2,6H3. The molecule has 0 aromatic rings. The van der Waals surface area contributed by atoms with Crippen LogP contribution in [0.3, 0.4) is 0 Å². The third-order valence-electron chi connectivity index (χ3n) is 1.31. The molecule has 0 aliphatic carbocycles. The van der Waals surface area contributed by atoms with Crippen LogP contribution in [0, 0.1) is 0 Å². The maximum Gasteiger partial charge on any atom is 0.00840 e. The van der Waals surface area contributed by atoms with Crippen molar-refractivity contribution in [3.63, 3.8) is 0 Å². The fourth-order valence-electron chi connectivity index (χ4n) is 0.799. The van der Waals surface area contributed by atoms with Crippen LogP contribution in [0.2, 0.25) is 5.54 Å². The van der Waals surface area contributed by atoms with Gasteiger partial charge in [-0.05, 0) is 25.1 Å². The van der Waals surface area contributed by atoms with Crippen molar-refractivity contribution < 1.29 is 0 Å². The van der Waals surface area contributed by atoms with Crippen molar-refractivity contribution >= 4 is 10.2 Å². The summed E-state index contributed by atoms with van der Waals surface area (Å²) in [5, 5.41) is 3.31. The first-order chi connectivity index (χ1) is 2.89. The SMILES string of the molecule is [SiH3]C1CCNC1. The van der Waals surface area contributed by atoms with Gasteiger partial charge in [-0.25, -0.2) is 0 Å². The lowest BCUT2D eigenvalue weighted by Crippen LogP contribution is -2.05. The smallest absolute Gasteiger partial charge is 0.00840 e. The van der Waals surface area contributed by atoms with Crippen LogP contribution in [0.1, 0.15) is 6.42 Å². The summed E-state index contributed by atoms with van der Waals surface area (Å²) in [6.45, 7) is 2.57. The van der Waals surface area contributed by atoms with Crippen LogP contribution in [0.25, 0.3) is 0 Å². The van der Waals surface area contributed by atoms with Gasteiger partial charge < -0.3 is 5.32 Å². The van der Waals surface area contributed by atoms with Crippen molar-refractivity contribution in [1.82, 2.24) is 5.32 Å². The van der Waals surface area contributed by atoms with Gasteiger partial charge >= 0.3 is 0 Å². The van der Waals surface area contributed by atoms with E-state index in [9.17, 15) is 0 Å². The van der Waals surface area contributed by atoms with Gasteiger partial charge in [0, 0.05) is 10.2 Å². The molecule has 1 atom stereocenters. The average molecular weight is 101 g/mol. The number of nitrogens with one attached hydrogen (secondary N) is 1. The Labute approximate surface area is 41.5 Å². The largest absolute Gasteiger partial charge is 0.317 e. The van der Waals surface area contributed by atoms with Crippen molar-refractivity contribution in [2.75, 3.05) is 13.1 Å². The first-order valence-electron chi connectivity index (χ1n) is 2.60. The Kier molecular flexibility index (Phi) is 1.27. The topological polar surface area (TPSA) is 12.0 Å². The highest BCUT2D eigenvalue weighted by Crippen LogP contribution is 2.06. The van der Waals surface area contributed by atoms with Crippen molar-refractivity contribution in [1.29, 1.82) is 0 Å². The Morgan fingerprint density at radius 2 is 2.50 bits per heavy atom. The summed E-state index contributed by atoms with van der Waals surface area (Å²) >= 11 is 0. The van der Waals surface area contributed by atoms with Crippen LogP contribution in [-0.4, -0.2) is 23.3 Å². The molecule has 1 aliphatic rings. The van der Waals surface area contributed by atoms with Gasteiger partial charge in [-0.1, -0.05) is 0 Å². The van der Waals surface area contributed by atoms with Crippen molar-refractivity contribution in [2.24, 2.45) is 0 Å². The van der Waals surface area contributed by atoms with E-state index in [0.717, 1.165) is 5.54 Å². The highest BCUT2D eigenvalue weighted by molar-refractivity contribution is 6.11. The van der Waals surface area contributed by atoms with Crippen molar-refractivity contribution in [3.8, 4) is 0 Å². The Morgan fingerprint density at radius 3 is 2.67 bits per heavy atom. The molecule has 0 bridgehead atoms. The fraction of sp³-hybridized carbons (Fsp3) is 1.00. The van der Waals surface area contributed by atoms with Crippen LogP contribution in [0.15, 0.2) is 0 Å². The van der Waals surface area contributed by atoms with E-state index in [2.05, 4.69) is 5.32 Å². The Hall–Kier alpha value is 0.177. The predicted molar refractivity (Wildman–Crippen MR) is 31.2 cm³/mol. The van der Waals surface area contributed by atoms with Crippen LogP contribution >= 0.6 is 0 Å². The maximum absolute atomic E-state index is 3.31. The Bertz CT molecular complexity index is 40.8. The van der Waals surface area contributed by atoms with Gasteiger partial charge in [0.25, 0.3) is 0 Å². The molecule has 1 aliphatic heterocycles. The van der Waals surface area contributed by atoms with E-state index in [1.807, 2.05) is 0 Å². The average Bonchev–Trinajstić information content (AvgIpc) is 1.86. The van der Waals surface area contributed by atoms with Crippen LogP contribution in [0.4, 0.5) is 0 Å². The van der Waals surface area contributed by atoms with Crippen LogP contribution in [0.5, 0.6) is 0 Å². The van der Waals surface area contributed by atoms with Gasteiger partial charge in [0.1, 0.15) is 0 Å². The molecule has 0 aromatic carbocycles. The molecule has 36 valence electrons. The second kappa shape index (κ2) is 1.75. The summed E-state index contributed by atoms with van der Waals surface area (Å²) in [6.07, 6.45) is 1.44. The summed E-state index contributed by atoms with van der Waals surface area (Å²) in [6, 6.07) is 0. The van der Waals surface area contributed by atoms with Gasteiger partial charge in [-0.2, -0.15) is 0 Å². The summed E-state index contributed by atoms with van der Waals surface area (Å²) in [4.78, 5) is 0. The van der Waals surface area contributed by atoms with Gasteiger partial charge in [-0.15, -0.1) is 0 Å². The molecule has 0 amide bonds. The lowest BCUT2D eigenvalue weighted by atomic mass is 10.4. The van der Waals surface area contributed by atoms with Crippen molar-refractivity contribution in [3.05, 3.63) is 0 Å². The van der Waals surface area contributed by atoms with Crippen LogP contribution < -0.4 is 5.32 Å². The molecular weight excluding hydrogens is 90.1 g/mol. The third kappa shape index (κ3) is 0.818. The molecule has 1 unspecified atom stereocenters. The zero-order chi connectivity index (χ0) is 4.41. The molecule has 0 saturated carbocycles. The molecule has 1 rings (SSSR count). The minimum Gasteiger partial charge on any atom is -0.317 e. The quantitative estimate of drug-likeness (QED) is 0.391. The van der Waals surface area contributed by atoms with E-state index in [1.165, 1.54) is 29.8 Å². The molecule has 0 radical (unpaired) electrons. The van der Waals surface area contributed by atoms with E-state index in [4.69, 9.17) is 0 Å². The summed E-state index contributed by atoms with van der Waals surface area (Å²) in [5.74, 6) is 0. The first-order valence-corrected chi connectivity index (χ1v) is 3.76. The number of rotatable bonds is 0. The summed E-state index contributed by atoms with van der Waals surface area (Å²) < 4.78 is 0. The lowest BCUT2D eigenvalue weighted by molar-refractivity contribution is 0.856. The highest BCUT2D eigenvalue weighted by atomic mass is 28.1. The maximum atomic E-state index is 3.31. The normalized spacial score (nSPS) is 35.0. The molecule has 0 aromatic heterocycles.